The van der Waals surface area contributed by atoms with E-state index >= 15 is 0 Å². The molecule has 7 nitrogen and oxygen atoms in total. The van der Waals surface area contributed by atoms with Gasteiger partial charge in [0.1, 0.15) is 10.7 Å². The number of hydrogen-bond acceptors (Lipinski definition) is 6. The van der Waals surface area contributed by atoms with E-state index in [0.717, 1.165) is 10.5 Å². The van der Waals surface area contributed by atoms with Gasteiger partial charge in [0.2, 0.25) is 0 Å². The Balaban J connectivity index is 1.30. The molecule has 2 heterocycles. The van der Waals surface area contributed by atoms with Crippen LogP contribution in [0.1, 0.15) is 10.4 Å². The van der Waals surface area contributed by atoms with E-state index in [1.165, 1.54) is 11.3 Å². The van der Waals surface area contributed by atoms with Gasteiger partial charge in [0.15, 0.2) is 5.13 Å². The van der Waals surface area contributed by atoms with Crippen LogP contribution in [0.15, 0.2) is 88.9 Å². The summed E-state index contributed by atoms with van der Waals surface area (Å²) in [6.07, 6.45) is 0. The smallest absolute Gasteiger partial charge is 0.283 e. The lowest BCUT2D eigenvalue weighted by atomic mass is 10.2. The summed E-state index contributed by atoms with van der Waals surface area (Å²) in [6.45, 7) is 0. The van der Waals surface area contributed by atoms with Gasteiger partial charge in [0, 0.05) is 32.2 Å². The van der Waals surface area contributed by atoms with Crippen LogP contribution < -0.4 is 15.5 Å². The first-order valence-corrected chi connectivity index (χ1v) is 12.8. The Hall–Kier alpha value is -3.69. The van der Waals surface area contributed by atoms with Gasteiger partial charge in [-0.05, 0) is 54.6 Å². The highest BCUT2D eigenvalue weighted by Crippen LogP contribution is 2.31. The molecule has 3 aromatic carbocycles. The summed E-state index contributed by atoms with van der Waals surface area (Å²) in [5.74, 6) is -1.67. The summed E-state index contributed by atoms with van der Waals surface area (Å²) in [5.41, 5.74) is 2.55. The van der Waals surface area contributed by atoms with E-state index in [4.69, 9.17) is 34.8 Å². The number of halogens is 3. The van der Waals surface area contributed by atoms with E-state index < -0.39 is 17.7 Å². The van der Waals surface area contributed by atoms with E-state index in [9.17, 15) is 14.4 Å². The normalized spacial score (nSPS) is 13.3. The van der Waals surface area contributed by atoms with Crippen molar-refractivity contribution in [1.82, 2.24) is 4.98 Å². The van der Waals surface area contributed by atoms with Crippen LogP contribution in [-0.2, 0) is 9.59 Å². The van der Waals surface area contributed by atoms with Gasteiger partial charge in [0.05, 0.1) is 11.4 Å². The summed E-state index contributed by atoms with van der Waals surface area (Å²) in [4.78, 5) is 43.9. The van der Waals surface area contributed by atoms with Crippen molar-refractivity contribution in [2.24, 2.45) is 0 Å². The van der Waals surface area contributed by atoms with Crippen LogP contribution in [0.5, 0.6) is 0 Å². The molecule has 37 heavy (non-hydrogen) atoms. The van der Waals surface area contributed by atoms with Crippen molar-refractivity contribution >= 4 is 80.4 Å². The number of rotatable bonds is 6. The maximum atomic E-state index is 13.0. The molecule has 0 atom stereocenters. The molecule has 0 saturated carbocycles. The molecule has 0 saturated heterocycles. The van der Waals surface area contributed by atoms with Crippen LogP contribution in [0.25, 0.3) is 11.3 Å². The first-order valence-electron chi connectivity index (χ1n) is 10.7. The fraction of sp³-hybridized carbons (Fsp3) is 0. The summed E-state index contributed by atoms with van der Waals surface area (Å²) in [7, 11) is 0. The molecular formula is C26H15Cl3N4O3S. The Morgan fingerprint density at radius 1 is 0.865 bits per heavy atom. The number of anilines is 3. The Morgan fingerprint density at radius 2 is 1.54 bits per heavy atom. The molecule has 0 unspecified atom stereocenters. The minimum absolute atomic E-state index is 0.0910. The van der Waals surface area contributed by atoms with Crippen molar-refractivity contribution in [2.75, 3.05) is 15.5 Å². The predicted molar refractivity (Wildman–Crippen MR) is 147 cm³/mol. The number of benzene rings is 3. The number of hydrogen-bond donors (Lipinski definition) is 2. The average Bonchev–Trinajstić information content (AvgIpc) is 3.44. The molecule has 184 valence electrons. The van der Waals surface area contributed by atoms with Crippen molar-refractivity contribution in [3.63, 3.8) is 0 Å². The van der Waals surface area contributed by atoms with Crippen LogP contribution >= 0.6 is 46.1 Å². The van der Waals surface area contributed by atoms with E-state index in [1.54, 1.807) is 60.7 Å². The van der Waals surface area contributed by atoms with Gasteiger partial charge in [-0.3, -0.25) is 19.7 Å². The molecule has 0 bridgehead atoms. The lowest BCUT2D eigenvalue weighted by molar-refractivity contribution is -0.120. The molecule has 0 spiro atoms. The van der Waals surface area contributed by atoms with Gasteiger partial charge in [-0.1, -0.05) is 53.0 Å². The first-order chi connectivity index (χ1) is 17.8. The van der Waals surface area contributed by atoms with Crippen LogP contribution in [0.2, 0.25) is 10.0 Å². The van der Waals surface area contributed by atoms with Crippen LogP contribution in [0.3, 0.4) is 0 Å². The number of nitrogens with zero attached hydrogens (tertiary/aromatic N) is 2. The van der Waals surface area contributed by atoms with E-state index in [1.807, 2.05) is 17.5 Å². The zero-order chi connectivity index (χ0) is 26.1. The highest BCUT2D eigenvalue weighted by Gasteiger charge is 2.39. The number of carbonyl (C=O) groups excluding carboxylic acids is 3. The molecular weight excluding hydrogens is 555 g/mol. The Morgan fingerprint density at radius 3 is 2.24 bits per heavy atom. The SMILES string of the molecule is O=C(Nc1nc(-c2ccc(Cl)cc2)cs1)c1cccc(NC2=C(Cl)C(=O)N(c3ccc(Cl)cc3)C2=O)c1. The zero-order valence-electron chi connectivity index (χ0n) is 18.7. The quantitative estimate of drug-likeness (QED) is 0.249. The van der Waals surface area contributed by atoms with Gasteiger partial charge < -0.3 is 5.32 Å². The van der Waals surface area contributed by atoms with Gasteiger partial charge in [0.25, 0.3) is 17.7 Å². The number of imide groups is 1. The van der Waals surface area contributed by atoms with Crippen LogP contribution in [0, 0.1) is 0 Å². The number of carbonyl (C=O) groups is 3. The van der Waals surface area contributed by atoms with Crippen molar-refractivity contribution < 1.29 is 14.4 Å². The molecule has 2 N–H and O–H groups in total. The number of amides is 3. The third kappa shape index (κ3) is 5.23. The largest absolute Gasteiger partial charge is 0.350 e. The molecule has 0 aliphatic carbocycles. The fourth-order valence-electron chi connectivity index (χ4n) is 3.57. The Bertz CT molecular complexity index is 1570. The number of thiazole rings is 1. The minimum atomic E-state index is -0.661. The summed E-state index contributed by atoms with van der Waals surface area (Å²) >= 11 is 19.3. The lowest BCUT2D eigenvalue weighted by Crippen LogP contribution is -2.32. The summed E-state index contributed by atoms with van der Waals surface area (Å²) < 4.78 is 0. The monoisotopic (exact) mass is 568 g/mol. The molecule has 0 fully saturated rings. The van der Waals surface area contributed by atoms with Crippen molar-refractivity contribution in [1.29, 1.82) is 0 Å². The summed E-state index contributed by atoms with van der Waals surface area (Å²) in [5, 5.41) is 8.75. The molecule has 1 aliphatic heterocycles. The standard InChI is InChI=1S/C26H15Cl3N4O3S/c27-16-6-4-14(5-7-16)20-13-37-26(31-20)32-23(34)15-2-1-3-18(12-15)30-22-21(29)24(35)33(25(22)36)19-10-8-17(28)9-11-19/h1-13,30H,(H,31,32,34). The molecule has 4 aromatic rings. The topological polar surface area (TPSA) is 91.4 Å². The third-order valence-corrected chi connectivity index (χ3v) is 6.98. The van der Waals surface area contributed by atoms with Crippen LogP contribution in [-0.4, -0.2) is 22.7 Å². The van der Waals surface area contributed by atoms with Gasteiger partial charge >= 0.3 is 0 Å². The van der Waals surface area contributed by atoms with E-state index in [0.29, 0.717) is 37.8 Å². The number of aromatic nitrogens is 1. The molecule has 11 heteroatoms. The van der Waals surface area contributed by atoms with Gasteiger partial charge in [-0.15, -0.1) is 11.3 Å². The van der Waals surface area contributed by atoms with Crippen molar-refractivity contribution in [3.8, 4) is 11.3 Å². The van der Waals surface area contributed by atoms with E-state index in [-0.39, 0.29) is 10.7 Å². The maximum absolute atomic E-state index is 13.0. The number of nitrogens with one attached hydrogen (secondary N) is 2. The predicted octanol–water partition coefficient (Wildman–Crippen LogP) is 6.80. The Kier molecular flexibility index (Phi) is 6.99. The van der Waals surface area contributed by atoms with Crippen molar-refractivity contribution in [3.05, 3.63) is 105 Å². The molecule has 5 rings (SSSR count). The van der Waals surface area contributed by atoms with Gasteiger partial charge in [-0.2, -0.15) is 0 Å². The fourth-order valence-corrected chi connectivity index (χ4v) is 4.75. The second-order valence-electron chi connectivity index (χ2n) is 7.82. The van der Waals surface area contributed by atoms with E-state index in [2.05, 4.69) is 15.6 Å². The maximum Gasteiger partial charge on any atom is 0.283 e. The Labute approximate surface area is 230 Å². The minimum Gasteiger partial charge on any atom is -0.350 e. The van der Waals surface area contributed by atoms with Gasteiger partial charge in [-0.25, -0.2) is 9.88 Å². The first kappa shape index (κ1) is 25.0. The second kappa shape index (κ2) is 10.4. The van der Waals surface area contributed by atoms with Crippen LogP contribution in [0.4, 0.5) is 16.5 Å². The highest BCUT2D eigenvalue weighted by molar-refractivity contribution is 7.14. The third-order valence-electron chi connectivity index (χ3n) is 5.37. The summed E-state index contributed by atoms with van der Waals surface area (Å²) in [6, 6.07) is 19.9. The average molecular weight is 570 g/mol. The molecule has 3 amide bonds. The molecule has 0 radical (unpaired) electrons. The molecule has 1 aliphatic rings. The second-order valence-corrected chi connectivity index (χ2v) is 9.92. The van der Waals surface area contributed by atoms with Crippen molar-refractivity contribution in [2.45, 2.75) is 0 Å². The molecule has 1 aromatic heterocycles. The zero-order valence-corrected chi connectivity index (χ0v) is 21.8. The lowest BCUT2D eigenvalue weighted by Gasteiger charge is -2.15. The highest BCUT2D eigenvalue weighted by atomic mass is 35.5.